The van der Waals surface area contributed by atoms with E-state index in [1.165, 1.54) is 4.90 Å². The lowest BCUT2D eigenvalue weighted by Crippen LogP contribution is -2.29. The highest BCUT2D eigenvalue weighted by Crippen LogP contribution is 2.24. The Bertz CT molecular complexity index is 661. The molecule has 1 aliphatic heterocycles. The first-order valence-corrected chi connectivity index (χ1v) is 6.83. The van der Waals surface area contributed by atoms with E-state index < -0.39 is 0 Å². The van der Waals surface area contributed by atoms with Crippen LogP contribution >= 0.6 is 11.6 Å². The number of halogens is 1. The molecule has 0 fully saturated rings. The zero-order valence-electron chi connectivity index (χ0n) is 10.7. The van der Waals surface area contributed by atoms with Crippen molar-refractivity contribution in [3.8, 4) is 0 Å². The molecule has 3 rings (SSSR count). The van der Waals surface area contributed by atoms with Gasteiger partial charge in [-0.15, -0.1) is 11.6 Å². The Morgan fingerprint density at radius 1 is 0.850 bits per heavy atom. The SMILES string of the molecule is O=C1c2ccccc2C(=O)N1Cc1cccc(CCl)c1. The van der Waals surface area contributed by atoms with E-state index in [0.29, 0.717) is 17.0 Å². The lowest BCUT2D eigenvalue weighted by atomic mass is 10.1. The van der Waals surface area contributed by atoms with Crippen LogP contribution in [0.3, 0.4) is 0 Å². The van der Waals surface area contributed by atoms with E-state index in [4.69, 9.17) is 11.6 Å². The number of benzene rings is 2. The maximum absolute atomic E-state index is 12.2. The fraction of sp³-hybridized carbons (Fsp3) is 0.125. The smallest absolute Gasteiger partial charge is 0.261 e. The van der Waals surface area contributed by atoms with Crippen molar-refractivity contribution in [2.45, 2.75) is 12.4 Å². The Morgan fingerprint density at radius 3 is 2.05 bits per heavy atom. The molecule has 100 valence electrons. The second kappa shape index (κ2) is 5.10. The lowest BCUT2D eigenvalue weighted by molar-refractivity contribution is 0.0642. The molecule has 0 bridgehead atoms. The van der Waals surface area contributed by atoms with Crippen molar-refractivity contribution in [1.29, 1.82) is 0 Å². The Hall–Kier alpha value is -2.13. The molecule has 2 aromatic carbocycles. The zero-order chi connectivity index (χ0) is 14.1. The average molecular weight is 286 g/mol. The van der Waals surface area contributed by atoms with Gasteiger partial charge in [0.15, 0.2) is 0 Å². The van der Waals surface area contributed by atoms with Gasteiger partial charge in [0.05, 0.1) is 17.7 Å². The number of alkyl halides is 1. The van der Waals surface area contributed by atoms with Gasteiger partial charge in [0.2, 0.25) is 0 Å². The Balaban J connectivity index is 1.89. The summed E-state index contributed by atoms with van der Waals surface area (Å²) in [5.41, 5.74) is 2.83. The zero-order valence-corrected chi connectivity index (χ0v) is 11.4. The monoisotopic (exact) mass is 285 g/mol. The van der Waals surface area contributed by atoms with E-state index in [1.807, 2.05) is 24.3 Å². The van der Waals surface area contributed by atoms with Gasteiger partial charge < -0.3 is 0 Å². The molecule has 1 heterocycles. The van der Waals surface area contributed by atoms with Gasteiger partial charge in [0.25, 0.3) is 11.8 Å². The first-order chi connectivity index (χ1) is 9.70. The Morgan fingerprint density at radius 2 is 1.45 bits per heavy atom. The number of hydrogen-bond acceptors (Lipinski definition) is 2. The largest absolute Gasteiger partial charge is 0.270 e. The van der Waals surface area contributed by atoms with Gasteiger partial charge in [-0.3, -0.25) is 14.5 Å². The van der Waals surface area contributed by atoms with Gasteiger partial charge in [-0.25, -0.2) is 0 Å². The van der Waals surface area contributed by atoms with Crippen molar-refractivity contribution in [2.24, 2.45) is 0 Å². The van der Waals surface area contributed by atoms with Crippen molar-refractivity contribution in [3.63, 3.8) is 0 Å². The van der Waals surface area contributed by atoms with Crippen molar-refractivity contribution in [3.05, 3.63) is 70.8 Å². The van der Waals surface area contributed by atoms with Gasteiger partial charge in [-0.2, -0.15) is 0 Å². The summed E-state index contributed by atoms with van der Waals surface area (Å²) >= 11 is 5.80. The molecule has 0 N–H and O–H groups in total. The highest BCUT2D eigenvalue weighted by Gasteiger charge is 2.34. The molecule has 0 unspecified atom stereocenters. The molecule has 2 amide bonds. The average Bonchev–Trinajstić information content (AvgIpc) is 2.73. The van der Waals surface area contributed by atoms with Crippen molar-refractivity contribution >= 4 is 23.4 Å². The van der Waals surface area contributed by atoms with Crippen molar-refractivity contribution < 1.29 is 9.59 Å². The number of amides is 2. The van der Waals surface area contributed by atoms with Crippen LogP contribution in [0.2, 0.25) is 0 Å². The number of fused-ring (bicyclic) bond motifs is 1. The number of hydrogen-bond donors (Lipinski definition) is 0. The van der Waals surface area contributed by atoms with Crippen LogP contribution in [0.1, 0.15) is 31.8 Å². The molecule has 0 saturated heterocycles. The molecule has 0 aliphatic carbocycles. The maximum atomic E-state index is 12.2. The van der Waals surface area contributed by atoms with E-state index in [9.17, 15) is 9.59 Å². The number of carbonyl (C=O) groups is 2. The van der Waals surface area contributed by atoms with E-state index in [-0.39, 0.29) is 18.4 Å². The molecule has 20 heavy (non-hydrogen) atoms. The fourth-order valence-electron chi connectivity index (χ4n) is 2.38. The third-order valence-electron chi connectivity index (χ3n) is 3.36. The predicted octanol–water partition coefficient (Wildman–Crippen LogP) is 3.22. The van der Waals surface area contributed by atoms with Crippen molar-refractivity contribution in [2.75, 3.05) is 0 Å². The lowest BCUT2D eigenvalue weighted by Gasteiger charge is -2.14. The second-order valence-electron chi connectivity index (χ2n) is 4.70. The number of carbonyl (C=O) groups excluding carboxylic acids is 2. The summed E-state index contributed by atoms with van der Waals surface area (Å²) in [6.45, 7) is 0.275. The molecule has 3 nitrogen and oxygen atoms in total. The molecule has 4 heteroatoms. The van der Waals surface area contributed by atoms with Crippen LogP contribution in [0.25, 0.3) is 0 Å². The second-order valence-corrected chi connectivity index (χ2v) is 4.96. The quantitative estimate of drug-likeness (QED) is 0.641. The number of imide groups is 1. The van der Waals surface area contributed by atoms with Crippen LogP contribution in [0.4, 0.5) is 0 Å². The molecule has 0 aromatic heterocycles. The molecule has 0 spiro atoms. The van der Waals surface area contributed by atoms with Gasteiger partial charge in [0.1, 0.15) is 0 Å². The third-order valence-corrected chi connectivity index (χ3v) is 3.67. The summed E-state index contributed by atoms with van der Waals surface area (Å²) < 4.78 is 0. The molecular formula is C16H12ClNO2. The van der Waals surface area contributed by atoms with E-state index in [0.717, 1.165) is 11.1 Å². The van der Waals surface area contributed by atoms with Crippen molar-refractivity contribution in [1.82, 2.24) is 4.90 Å². The van der Waals surface area contributed by atoms with Crippen LogP contribution in [-0.4, -0.2) is 16.7 Å². The summed E-state index contributed by atoms with van der Waals surface area (Å²) in [5, 5.41) is 0. The van der Waals surface area contributed by atoms with Gasteiger partial charge >= 0.3 is 0 Å². The van der Waals surface area contributed by atoms with E-state index in [1.54, 1.807) is 24.3 Å². The first kappa shape index (κ1) is 12.9. The number of nitrogens with zero attached hydrogens (tertiary/aromatic N) is 1. The summed E-state index contributed by atoms with van der Waals surface area (Å²) in [4.78, 5) is 25.8. The minimum absolute atomic E-state index is 0.234. The fourth-order valence-corrected chi connectivity index (χ4v) is 2.54. The van der Waals surface area contributed by atoms with Gasteiger partial charge in [-0.05, 0) is 23.3 Å². The normalized spacial score (nSPS) is 13.8. The summed E-state index contributed by atoms with van der Waals surface area (Å²) in [6.07, 6.45) is 0. The topological polar surface area (TPSA) is 37.4 Å². The van der Waals surface area contributed by atoms with E-state index >= 15 is 0 Å². The van der Waals surface area contributed by atoms with Gasteiger partial charge in [-0.1, -0.05) is 36.4 Å². The molecule has 1 aliphatic rings. The van der Waals surface area contributed by atoms with Crippen LogP contribution < -0.4 is 0 Å². The number of rotatable bonds is 3. The molecular weight excluding hydrogens is 274 g/mol. The standard InChI is InChI=1S/C16H12ClNO2/c17-9-11-4-3-5-12(8-11)10-18-15(19)13-6-1-2-7-14(13)16(18)20/h1-8H,9-10H2. The summed E-state index contributed by atoms with van der Waals surface area (Å²) in [6, 6.07) is 14.5. The molecule has 0 saturated carbocycles. The highest BCUT2D eigenvalue weighted by atomic mass is 35.5. The van der Waals surface area contributed by atoms with E-state index in [2.05, 4.69) is 0 Å². The Labute approximate surface area is 121 Å². The minimum Gasteiger partial charge on any atom is -0.270 e. The maximum Gasteiger partial charge on any atom is 0.261 e. The minimum atomic E-state index is -0.234. The molecule has 2 aromatic rings. The Kier molecular flexibility index (Phi) is 3.28. The molecule has 0 radical (unpaired) electrons. The first-order valence-electron chi connectivity index (χ1n) is 6.29. The van der Waals surface area contributed by atoms with Crippen LogP contribution in [0.5, 0.6) is 0 Å². The van der Waals surface area contributed by atoms with Crippen LogP contribution in [0.15, 0.2) is 48.5 Å². The summed E-state index contributed by atoms with van der Waals surface area (Å²) in [5.74, 6) is -0.0561. The van der Waals surface area contributed by atoms with Gasteiger partial charge in [0, 0.05) is 5.88 Å². The third kappa shape index (κ3) is 2.10. The van der Waals surface area contributed by atoms with Crippen LogP contribution in [-0.2, 0) is 12.4 Å². The summed E-state index contributed by atoms with van der Waals surface area (Å²) in [7, 11) is 0. The highest BCUT2D eigenvalue weighted by molar-refractivity contribution is 6.21. The van der Waals surface area contributed by atoms with Crippen LogP contribution in [0, 0.1) is 0 Å². The predicted molar refractivity (Wildman–Crippen MR) is 76.6 cm³/mol. The molecule has 0 atom stereocenters.